The smallest absolute Gasteiger partial charge is 0.423 e. The first-order chi connectivity index (χ1) is 22.8. The van der Waals surface area contributed by atoms with Gasteiger partial charge in [-0.3, -0.25) is 23.2 Å². The lowest BCUT2D eigenvalue weighted by Crippen LogP contribution is -2.70. The Morgan fingerprint density at radius 1 is 1.19 bits per heavy atom. The highest BCUT2D eigenvalue weighted by molar-refractivity contribution is 8.00. The molecule has 0 bridgehead atoms. The summed E-state index contributed by atoms with van der Waals surface area (Å²) in [7, 11) is -4.85. The average molecular weight is 727 g/mol. The van der Waals surface area contributed by atoms with Gasteiger partial charge in [-0.2, -0.15) is 13.1 Å². The number of carboxylic acid groups (broad SMARTS) is 1. The largest absolute Gasteiger partial charge is 0.477 e. The molecule has 6 heterocycles. The van der Waals surface area contributed by atoms with Gasteiger partial charge in [-0.25, -0.2) is 24.5 Å². The molecule has 0 unspecified atom stereocenters. The number of carbonyl (C=O) groups excluding carboxylic acids is 3. The number of aliphatic hydroxyl groups excluding tert-OH is 2. The van der Waals surface area contributed by atoms with Gasteiger partial charge in [-0.1, -0.05) is 6.07 Å². The Balaban J connectivity index is 1.02. The molecule has 0 aliphatic carbocycles. The number of amides is 3. The molecule has 3 aromatic rings. The van der Waals surface area contributed by atoms with Crippen LogP contribution in [0.15, 0.2) is 41.4 Å². The summed E-state index contributed by atoms with van der Waals surface area (Å²) in [4.78, 5) is 63.3. The maximum Gasteiger partial charge on any atom is 0.423 e. The van der Waals surface area contributed by atoms with Crippen LogP contribution in [0.2, 0.25) is 0 Å². The summed E-state index contributed by atoms with van der Waals surface area (Å²) in [6.07, 6.45) is -4.89. The lowest BCUT2D eigenvalue weighted by Gasteiger charge is -2.49. The number of nitrogens with one attached hydrogen (secondary N) is 2. The van der Waals surface area contributed by atoms with Crippen molar-refractivity contribution in [3.05, 3.63) is 46.3 Å². The fourth-order valence-corrected chi connectivity index (χ4v) is 7.88. The molecule has 3 aliphatic heterocycles. The number of carboxylic acids is 1. The first-order valence-corrected chi connectivity index (χ1v) is 17.2. The number of β-lactam (4-membered cyclic amide) rings is 1. The summed E-state index contributed by atoms with van der Waals surface area (Å²) in [5, 5.41) is 34.5. The van der Waals surface area contributed by atoms with Crippen molar-refractivity contribution in [1.29, 1.82) is 0 Å². The molecule has 7 N–H and O–H groups in total. The van der Waals surface area contributed by atoms with Crippen LogP contribution in [-0.2, 0) is 44.8 Å². The van der Waals surface area contributed by atoms with Crippen LogP contribution in [0.1, 0.15) is 11.1 Å². The van der Waals surface area contributed by atoms with Gasteiger partial charge in [0.25, 0.3) is 5.91 Å². The van der Waals surface area contributed by atoms with Crippen molar-refractivity contribution in [2.24, 2.45) is 0 Å². The van der Waals surface area contributed by atoms with Gasteiger partial charge >= 0.3 is 22.4 Å². The number of nitrogen functional groups attached to an aromatic ring is 1. The molecule has 2 saturated heterocycles. The van der Waals surface area contributed by atoms with Gasteiger partial charge in [-0.15, -0.1) is 23.1 Å². The summed E-state index contributed by atoms with van der Waals surface area (Å²) < 4.78 is 42.9. The minimum atomic E-state index is -4.85. The molecule has 3 aromatic heterocycles. The highest BCUT2D eigenvalue weighted by atomic mass is 32.2. The van der Waals surface area contributed by atoms with E-state index < -0.39 is 89.0 Å². The first kappa shape index (κ1) is 33.5. The Bertz CT molecular complexity index is 1900. The van der Waals surface area contributed by atoms with Crippen molar-refractivity contribution in [2.45, 2.75) is 42.4 Å². The number of nitrogens with zero attached hydrogens (tertiary/aromatic N) is 5. The summed E-state index contributed by atoms with van der Waals surface area (Å²) in [5.74, 6) is -2.49. The average Bonchev–Trinajstić information content (AvgIpc) is 3.78. The molecule has 6 atom stereocenters. The van der Waals surface area contributed by atoms with Gasteiger partial charge in [0.2, 0.25) is 5.91 Å². The number of rotatable bonds is 11. The molecule has 3 aliphatic rings. The number of imidazole rings is 1. The molecule has 0 spiro atoms. The number of hydrogen-bond acceptors (Lipinski definition) is 17. The topological polar surface area (TPSA) is 288 Å². The normalized spacial score (nSPS) is 25.5. The van der Waals surface area contributed by atoms with E-state index in [1.165, 1.54) is 27.0 Å². The fraction of sp³-hybridized carbons (Fsp3) is 0.400. The zero-order valence-electron chi connectivity index (χ0n) is 24.2. The van der Waals surface area contributed by atoms with E-state index in [1.54, 1.807) is 12.1 Å². The molecule has 0 saturated carbocycles. The molecule has 48 heavy (non-hydrogen) atoms. The molecule has 0 aromatic carbocycles. The van der Waals surface area contributed by atoms with E-state index in [9.17, 15) is 42.9 Å². The number of thiophene rings is 1. The number of aliphatic carboxylic acids is 1. The number of aromatic nitrogens is 4. The summed E-state index contributed by atoms with van der Waals surface area (Å²) in [6.45, 7) is -1.53. The van der Waals surface area contributed by atoms with Crippen LogP contribution in [0.3, 0.4) is 0 Å². The third-order valence-electron chi connectivity index (χ3n) is 7.45. The van der Waals surface area contributed by atoms with Crippen LogP contribution in [0, 0.1) is 0 Å². The maximum absolute atomic E-state index is 12.8. The molecule has 256 valence electrons. The zero-order chi connectivity index (χ0) is 34.3. The van der Waals surface area contributed by atoms with Crippen LogP contribution in [0.25, 0.3) is 11.2 Å². The monoisotopic (exact) mass is 726 g/mol. The Morgan fingerprint density at radius 2 is 1.98 bits per heavy atom. The van der Waals surface area contributed by atoms with Crippen molar-refractivity contribution in [1.82, 2.24) is 34.5 Å². The number of fused-ring (bicyclic) bond motifs is 2. The number of thioether (sulfide) groups is 1. The number of carbonyl (C=O) groups is 4. The van der Waals surface area contributed by atoms with Gasteiger partial charge in [-0.05, 0) is 11.4 Å². The highest BCUT2D eigenvalue weighted by Gasteiger charge is 2.54. The third kappa shape index (κ3) is 6.52. The van der Waals surface area contributed by atoms with Crippen molar-refractivity contribution >= 4 is 74.3 Å². The summed E-state index contributed by atoms with van der Waals surface area (Å²) in [6, 6.07) is 2.61. The van der Waals surface area contributed by atoms with Crippen LogP contribution < -0.4 is 15.8 Å². The predicted molar refractivity (Wildman–Crippen MR) is 163 cm³/mol. The second-order valence-electron chi connectivity index (χ2n) is 10.5. The van der Waals surface area contributed by atoms with Crippen molar-refractivity contribution in [3.63, 3.8) is 0 Å². The number of hydrogen-bond donors (Lipinski definition) is 6. The molecular formula is C25H26N8O12S3. The van der Waals surface area contributed by atoms with E-state index in [0.717, 1.165) is 27.9 Å². The maximum atomic E-state index is 12.8. The minimum absolute atomic E-state index is 0.00483. The summed E-state index contributed by atoms with van der Waals surface area (Å²) >= 11 is 2.51. The lowest BCUT2D eigenvalue weighted by atomic mass is 10.0. The SMILES string of the molecule is Nc1ncnc2c1ncn2[C@@H]1O[C@H](COS(=O)(=O)NC(=O)OCC2=C(C(=O)O)N3C(=O)[C@@H](NC(=O)Cc4cccs4)[C@H]3SC2)[C@@H](O)[C@H]1O. The second kappa shape index (κ2) is 13.3. The first-order valence-electron chi connectivity index (χ1n) is 13.8. The molecule has 0 radical (unpaired) electrons. The molecule has 20 nitrogen and oxygen atoms in total. The Labute approximate surface area is 278 Å². The Hall–Kier alpha value is -4.39. The van der Waals surface area contributed by atoms with Gasteiger partial charge in [0.1, 0.15) is 53.9 Å². The summed E-state index contributed by atoms with van der Waals surface area (Å²) in [5.41, 5.74) is 5.72. The number of anilines is 1. The third-order valence-corrected chi connectivity index (χ3v) is 10.5. The molecule has 2 fully saturated rings. The molecule has 6 rings (SSSR count). The quantitative estimate of drug-likeness (QED) is 0.117. The second-order valence-corrected chi connectivity index (χ2v) is 14.0. The van der Waals surface area contributed by atoms with Crippen LogP contribution >= 0.6 is 23.1 Å². The van der Waals surface area contributed by atoms with Gasteiger partial charge in [0.05, 0.1) is 19.4 Å². The Kier molecular flexibility index (Phi) is 9.25. The van der Waals surface area contributed by atoms with Crippen molar-refractivity contribution < 1.29 is 56.6 Å². The lowest BCUT2D eigenvalue weighted by molar-refractivity contribution is -0.150. The van der Waals surface area contributed by atoms with Crippen LogP contribution in [0.4, 0.5) is 10.6 Å². The molecule has 3 amide bonds. The zero-order valence-corrected chi connectivity index (χ0v) is 26.7. The fourth-order valence-electron chi connectivity index (χ4n) is 5.21. The number of ether oxygens (including phenoxy) is 2. The Morgan fingerprint density at radius 3 is 2.71 bits per heavy atom. The minimum Gasteiger partial charge on any atom is -0.477 e. The van der Waals surface area contributed by atoms with Gasteiger partial charge in [0.15, 0.2) is 17.7 Å². The molecular weight excluding hydrogens is 701 g/mol. The van der Waals surface area contributed by atoms with E-state index in [0.29, 0.717) is 0 Å². The van der Waals surface area contributed by atoms with Crippen molar-refractivity contribution in [3.8, 4) is 0 Å². The van der Waals surface area contributed by atoms with Gasteiger partial charge < -0.3 is 35.8 Å². The van der Waals surface area contributed by atoms with E-state index in [2.05, 4.69) is 20.3 Å². The number of aliphatic hydroxyl groups is 2. The predicted octanol–water partition coefficient (Wildman–Crippen LogP) is -1.94. The van der Waals surface area contributed by atoms with E-state index >= 15 is 0 Å². The number of nitrogens with two attached hydrogens (primary N) is 1. The van der Waals surface area contributed by atoms with Crippen molar-refractivity contribution in [2.75, 3.05) is 24.7 Å². The standard InChI is InChI=1S/C25H26N8O12S3/c26-19-14-20(28-8-27-19)32(9-29-14)22-18(36)17(35)12(45-22)6-44-48(41,42)31-25(40)43-5-10-7-47-23-15(21(37)33(23)16(10)24(38)39)30-13(34)4-11-2-1-3-46-11/h1-3,8-9,12,15,17-18,22-23,35-36H,4-7H2,(H,30,34)(H,31,40)(H,38,39)(H2,26,27,28)/t12-,15-,17-,18-,22-,23-/m1/s1. The van der Waals surface area contributed by atoms with Crippen LogP contribution in [0.5, 0.6) is 0 Å². The molecule has 23 heteroatoms. The van der Waals surface area contributed by atoms with E-state index in [1.807, 2.05) is 5.38 Å². The van der Waals surface area contributed by atoms with E-state index in [-0.39, 0.29) is 34.7 Å². The highest BCUT2D eigenvalue weighted by Crippen LogP contribution is 2.40. The van der Waals surface area contributed by atoms with Crippen LogP contribution in [-0.4, -0.2) is 121 Å². The van der Waals surface area contributed by atoms with E-state index in [4.69, 9.17) is 19.4 Å². The van der Waals surface area contributed by atoms with Gasteiger partial charge in [0, 0.05) is 16.2 Å².